The molecule has 100 valence electrons. The SMILES string of the molecule is CNc1ncnc(N2CCSCC2C)c1C(C)C. The molecular formula is C13H22N4S. The minimum absolute atomic E-state index is 0.422. The summed E-state index contributed by atoms with van der Waals surface area (Å²) in [5, 5.41) is 3.19. The molecule has 18 heavy (non-hydrogen) atoms. The number of thioether (sulfide) groups is 1. The molecule has 1 unspecified atom stereocenters. The third-order valence-corrected chi connectivity index (χ3v) is 4.51. The Balaban J connectivity index is 2.42. The molecule has 1 aromatic heterocycles. The molecule has 5 heteroatoms. The molecule has 0 bridgehead atoms. The highest BCUT2D eigenvalue weighted by Crippen LogP contribution is 2.33. The Labute approximate surface area is 114 Å². The van der Waals surface area contributed by atoms with E-state index in [2.05, 4.69) is 41.0 Å². The number of hydrogen-bond donors (Lipinski definition) is 1. The van der Waals surface area contributed by atoms with Crippen LogP contribution < -0.4 is 10.2 Å². The van der Waals surface area contributed by atoms with Crippen LogP contribution in [0.1, 0.15) is 32.3 Å². The monoisotopic (exact) mass is 266 g/mol. The molecule has 4 nitrogen and oxygen atoms in total. The van der Waals surface area contributed by atoms with Gasteiger partial charge in [0.1, 0.15) is 18.0 Å². The third kappa shape index (κ3) is 2.55. The lowest BCUT2D eigenvalue weighted by atomic mass is 10.0. The van der Waals surface area contributed by atoms with E-state index in [9.17, 15) is 0 Å². The summed E-state index contributed by atoms with van der Waals surface area (Å²) < 4.78 is 0. The second kappa shape index (κ2) is 5.78. The van der Waals surface area contributed by atoms with Crippen LogP contribution in [-0.2, 0) is 0 Å². The van der Waals surface area contributed by atoms with Crippen molar-refractivity contribution in [1.82, 2.24) is 9.97 Å². The highest BCUT2D eigenvalue weighted by atomic mass is 32.2. The van der Waals surface area contributed by atoms with Crippen molar-refractivity contribution < 1.29 is 0 Å². The first kappa shape index (κ1) is 13.5. The fourth-order valence-electron chi connectivity index (χ4n) is 2.39. The lowest BCUT2D eigenvalue weighted by Gasteiger charge is -2.36. The first-order valence-corrected chi connectivity index (χ1v) is 7.67. The van der Waals surface area contributed by atoms with Gasteiger partial charge in [0.15, 0.2) is 0 Å². The average Bonchev–Trinajstić information content (AvgIpc) is 2.38. The van der Waals surface area contributed by atoms with Gasteiger partial charge in [-0.2, -0.15) is 11.8 Å². The van der Waals surface area contributed by atoms with Gasteiger partial charge in [0.2, 0.25) is 0 Å². The Kier molecular flexibility index (Phi) is 4.32. The molecule has 0 aromatic carbocycles. The van der Waals surface area contributed by atoms with E-state index < -0.39 is 0 Å². The molecule has 1 saturated heterocycles. The maximum absolute atomic E-state index is 4.55. The smallest absolute Gasteiger partial charge is 0.137 e. The maximum Gasteiger partial charge on any atom is 0.137 e. The second-order valence-corrected chi connectivity index (χ2v) is 6.13. The van der Waals surface area contributed by atoms with Crippen molar-refractivity contribution in [2.75, 3.05) is 35.3 Å². The number of anilines is 2. The van der Waals surface area contributed by atoms with Crippen molar-refractivity contribution in [3.8, 4) is 0 Å². The van der Waals surface area contributed by atoms with E-state index in [1.165, 1.54) is 17.1 Å². The molecular weight excluding hydrogens is 244 g/mol. The van der Waals surface area contributed by atoms with Gasteiger partial charge in [-0.1, -0.05) is 13.8 Å². The molecule has 1 N–H and O–H groups in total. The van der Waals surface area contributed by atoms with Gasteiger partial charge in [0, 0.05) is 36.7 Å². The molecule has 2 rings (SSSR count). The average molecular weight is 266 g/mol. The lowest BCUT2D eigenvalue weighted by Crippen LogP contribution is -2.41. The highest BCUT2D eigenvalue weighted by Gasteiger charge is 2.25. The fourth-order valence-corrected chi connectivity index (χ4v) is 3.40. The quantitative estimate of drug-likeness (QED) is 0.910. The Bertz CT molecular complexity index is 408. The van der Waals surface area contributed by atoms with Crippen molar-refractivity contribution in [2.24, 2.45) is 0 Å². The summed E-state index contributed by atoms with van der Waals surface area (Å²) in [6, 6.07) is 0.542. The standard InChI is InChI=1S/C13H22N4S/c1-9(2)11-12(14-4)15-8-16-13(11)17-5-6-18-7-10(17)3/h8-10H,5-7H2,1-4H3,(H,14,15,16). The van der Waals surface area contributed by atoms with Crippen LogP contribution in [0.2, 0.25) is 0 Å². The number of rotatable bonds is 3. The van der Waals surface area contributed by atoms with Crippen LogP contribution in [-0.4, -0.2) is 41.1 Å². The van der Waals surface area contributed by atoms with Crippen molar-refractivity contribution in [2.45, 2.75) is 32.7 Å². The van der Waals surface area contributed by atoms with E-state index in [4.69, 9.17) is 0 Å². The van der Waals surface area contributed by atoms with Crippen LogP contribution in [0, 0.1) is 0 Å². The van der Waals surface area contributed by atoms with E-state index in [0.29, 0.717) is 12.0 Å². The van der Waals surface area contributed by atoms with E-state index in [1.54, 1.807) is 6.33 Å². The molecule has 2 heterocycles. The molecule has 0 aliphatic carbocycles. The van der Waals surface area contributed by atoms with E-state index in [0.717, 1.165) is 18.2 Å². The maximum atomic E-state index is 4.55. The molecule has 1 fully saturated rings. The molecule has 1 aliphatic heterocycles. The van der Waals surface area contributed by atoms with E-state index in [-0.39, 0.29) is 0 Å². The Morgan fingerprint density at radius 1 is 1.44 bits per heavy atom. The summed E-state index contributed by atoms with van der Waals surface area (Å²) in [4.78, 5) is 11.3. The van der Waals surface area contributed by atoms with Crippen LogP contribution in [0.4, 0.5) is 11.6 Å². The van der Waals surface area contributed by atoms with Gasteiger partial charge in [-0.3, -0.25) is 0 Å². The summed E-state index contributed by atoms with van der Waals surface area (Å²) >= 11 is 2.02. The molecule has 1 atom stereocenters. The molecule has 1 aliphatic rings. The number of nitrogens with zero attached hydrogens (tertiary/aromatic N) is 3. The van der Waals surface area contributed by atoms with Crippen molar-refractivity contribution in [1.29, 1.82) is 0 Å². The molecule has 0 radical (unpaired) electrons. The predicted molar refractivity (Wildman–Crippen MR) is 79.8 cm³/mol. The van der Waals surface area contributed by atoms with Gasteiger partial charge in [-0.25, -0.2) is 9.97 Å². The first-order valence-electron chi connectivity index (χ1n) is 6.52. The minimum Gasteiger partial charge on any atom is -0.373 e. The Morgan fingerprint density at radius 3 is 2.83 bits per heavy atom. The van der Waals surface area contributed by atoms with Gasteiger partial charge >= 0.3 is 0 Å². The summed E-state index contributed by atoms with van der Waals surface area (Å²) in [5.74, 6) is 4.85. The number of aromatic nitrogens is 2. The van der Waals surface area contributed by atoms with Crippen molar-refractivity contribution in [3.05, 3.63) is 11.9 Å². The van der Waals surface area contributed by atoms with Crippen LogP contribution >= 0.6 is 11.8 Å². The highest BCUT2D eigenvalue weighted by molar-refractivity contribution is 7.99. The summed E-state index contributed by atoms with van der Waals surface area (Å²) in [7, 11) is 1.92. The van der Waals surface area contributed by atoms with Crippen LogP contribution in [0.5, 0.6) is 0 Å². The van der Waals surface area contributed by atoms with E-state index >= 15 is 0 Å². The topological polar surface area (TPSA) is 41.1 Å². The van der Waals surface area contributed by atoms with Crippen molar-refractivity contribution in [3.63, 3.8) is 0 Å². The van der Waals surface area contributed by atoms with Gasteiger partial charge in [0.05, 0.1) is 0 Å². The number of nitrogens with one attached hydrogen (secondary N) is 1. The minimum atomic E-state index is 0.422. The molecule has 0 amide bonds. The molecule has 0 saturated carbocycles. The zero-order valence-electron chi connectivity index (χ0n) is 11.6. The zero-order chi connectivity index (χ0) is 13.1. The van der Waals surface area contributed by atoms with Gasteiger partial charge in [0.25, 0.3) is 0 Å². The van der Waals surface area contributed by atoms with Crippen LogP contribution in [0.3, 0.4) is 0 Å². The van der Waals surface area contributed by atoms with E-state index in [1.807, 2.05) is 18.8 Å². The zero-order valence-corrected chi connectivity index (χ0v) is 12.4. The third-order valence-electron chi connectivity index (χ3n) is 3.32. The van der Waals surface area contributed by atoms with Gasteiger partial charge in [-0.15, -0.1) is 0 Å². The largest absolute Gasteiger partial charge is 0.373 e. The van der Waals surface area contributed by atoms with Gasteiger partial charge < -0.3 is 10.2 Å². The van der Waals surface area contributed by atoms with Crippen molar-refractivity contribution >= 4 is 23.4 Å². The predicted octanol–water partition coefficient (Wildman–Crippen LogP) is 2.58. The normalized spacial score (nSPS) is 20.3. The Hall–Kier alpha value is -0.970. The lowest BCUT2D eigenvalue weighted by molar-refractivity contribution is 0.677. The summed E-state index contributed by atoms with van der Waals surface area (Å²) in [5.41, 5.74) is 1.23. The fraction of sp³-hybridized carbons (Fsp3) is 0.692. The van der Waals surface area contributed by atoms with Crippen LogP contribution in [0.15, 0.2) is 6.33 Å². The molecule has 1 aromatic rings. The summed E-state index contributed by atoms with van der Waals surface area (Å²) in [6.45, 7) is 7.75. The second-order valence-electron chi connectivity index (χ2n) is 4.98. The molecule has 0 spiro atoms. The first-order chi connectivity index (χ1) is 8.65. The number of hydrogen-bond acceptors (Lipinski definition) is 5. The summed E-state index contributed by atoms with van der Waals surface area (Å²) in [6.07, 6.45) is 1.67. The van der Waals surface area contributed by atoms with Crippen LogP contribution in [0.25, 0.3) is 0 Å². The Morgan fingerprint density at radius 2 is 2.22 bits per heavy atom. The van der Waals surface area contributed by atoms with Gasteiger partial charge in [-0.05, 0) is 12.8 Å².